The minimum absolute atomic E-state index is 0.375. The third kappa shape index (κ3) is 3.11. The molecule has 4 aromatic rings. The number of hydrogen-bond donors (Lipinski definition) is 1. The van der Waals surface area contributed by atoms with Gasteiger partial charge in [-0.05, 0) is 42.8 Å². The number of nitrogens with one attached hydrogen (secondary N) is 1. The molecule has 4 nitrogen and oxygen atoms in total. The van der Waals surface area contributed by atoms with E-state index in [1.807, 2.05) is 41.9 Å². The third-order valence-electron chi connectivity index (χ3n) is 4.37. The summed E-state index contributed by atoms with van der Waals surface area (Å²) in [6.07, 6.45) is 3.74. The molecular weight excluding hydrogens is 367 g/mol. The van der Waals surface area contributed by atoms with E-state index in [4.69, 9.17) is 0 Å². The largest absolute Gasteiger partial charge is 0.322 e. The lowest BCUT2D eigenvalue weighted by Gasteiger charge is -2.08. The first-order valence-corrected chi connectivity index (χ1v) is 8.43. The van der Waals surface area contributed by atoms with E-state index in [1.54, 1.807) is 18.2 Å². The van der Waals surface area contributed by atoms with Crippen LogP contribution >= 0.6 is 0 Å². The van der Waals surface area contributed by atoms with E-state index in [0.29, 0.717) is 17.4 Å². The van der Waals surface area contributed by atoms with Crippen LogP contribution in [0.15, 0.2) is 60.9 Å². The number of benzene rings is 2. The summed E-state index contributed by atoms with van der Waals surface area (Å²) in [5, 5.41) is 2.50. The Bertz CT molecular complexity index is 1220. The van der Waals surface area contributed by atoms with Crippen molar-refractivity contribution in [3.05, 3.63) is 89.5 Å². The lowest BCUT2D eigenvalue weighted by atomic mass is 10.1. The van der Waals surface area contributed by atoms with E-state index in [0.717, 1.165) is 22.8 Å². The number of rotatable bonds is 3. The van der Waals surface area contributed by atoms with Gasteiger partial charge in [-0.1, -0.05) is 18.2 Å². The number of carbonyl (C=O) groups is 1. The maximum Gasteiger partial charge on any atom is 0.258 e. The van der Waals surface area contributed by atoms with Crippen LogP contribution in [0.5, 0.6) is 0 Å². The molecule has 1 N–H and O–H groups in total. The van der Waals surface area contributed by atoms with Gasteiger partial charge in [-0.3, -0.25) is 4.79 Å². The van der Waals surface area contributed by atoms with Crippen LogP contribution in [0.2, 0.25) is 0 Å². The van der Waals surface area contributed by atoms with Crippen LogP contribution in [0.4, 0.5) is 18.9 Å². The van der Waals surface area contributed by atoms with Crippen LogP contribution in [0.25, 0.3) is 16.9 Å². The molecular formula is C21H14F3N3O. The smallest absolute Gasteiger partial charge is 0.258 e. The Hall–Kier alpha value is -3.61. The zero-order chi connectivity index (χ0) is 19.8. The van der Waals surface area contributed by atoms with Gasteiger partial charge in [-0.15, -0.1) is 0 Å². The third-order valence-corrected chi connectivity index (χ3v) is 4.37. The van der Waals surface area contributed by atoms with E-state index in [-0.39, 0.29) is 0 Å². The van der Waals surface area contributed by atoms with Gasteiger partial charge in [0.1, 0.15) is 5.65 Å². The van der Waals surface area contributed by atoms with Crippen molar-refractivity contribution in [3.8, 4) is 11.3 Å². The van der Waals surface area contributed by atoms with Gasteiger partial charge < -0.3 is 9.72 Å². The van der Waals surface area contributed by atoms with Gasteiger partial charge >= 0.3 is 0 Å². The Morgan fingerprint density at radius 2 is 1.86 bits per heavy atom. The first kappa shape index (κ1) is 17.8. The zero-order valence-electron chi connectivity index (χ0n) is 14.7. The molecule has 1 amide bonds. The molecule has 0 spiro atoms. The van der Waals surface area contributed by atoms with Crippen molar-refractivity contribution in [2.45, 2.75) is 6.92 Å². The molecule has 0 fully saturated rings. The van der Waals surface area contributed by atoms with Crippen molar-refractivity contribution in [2.75, 3.05) is 5.32 Å². The summed E-state index contributed by atoms with van der Waals surface area (Å²) in [7, 11) is 0. The second-order valence-electron chi connectivity index (χ2n) is 6.31. The number of carbonyl (C=O) groups excluding carboxylic acids is 1. The van der Waals surface area contributed by atoms with Gasteiger partial charge in [0.05, 0.1) is 11.3 Å². The molecule has 140 valence electrons. The minimum atomic E-state index is -1.68. The van der Waals surface area contributed by atoms with Crippen molar-refractivity contribution < 1.29 is 18.0 Å². The average molecular weight is 381 g/mol. The lowest BCUT2D eigenvalue weighted by molar-refractivity contribution is 0.102. The molecule has 2 aromatic carbocycles. The van der Waals surface area contributed by atoms with Gasteiger partial charge in [0.25, 0.3) is 5.91 Å². The number of fused-ring (bicyclic) bond motifs is 1. The molecule has 0 saturated carbocycles. The predicted octanol–water partition coefficient (Wildman–Crippen LogP) is 4.98. The molecule has 0 atom stereocenters. The number of anilines is 1. The van der Waals surface area contributed by atoms with E-state index in [9.17, 15) is 18.0 Å². The highest BCUT2D eigenvalue weighted by Gasteiger charge is 2.19. The van der Waals surface area contributed by atoms with Gasteiger partial charge in [0.15, 0.2) is 17.5 Å². The second kappa shape index (κ2) is 6.84. The summed E-state index contributed by atoms with van der Waals surface area (Å²) in [5.74, 6) is -5.43. The Morgan fingerprint density at radius 1 is 1.04 bits per heavy atom. The second-order valence-corrected chi connectivity index (χ2v) is 6.31. The molecule has 0 radical (unpaired) electrons. The predicted molar refractivity (Wildman–Crippen MR) is 99.6 cm³/mol. The molecule has 0 unspecified atom stereocenters. The van der Waals surface area contributed by atoms with E-state index >= 15 is 0 Å². The number of halogens is 3. The summed E-state index contributed by atoms with van der Waals surface area (Å²) in [4.78, 5) is 16.9. The summed E-state index contributed by atoms with van der Waals surface area (Å²) < 4.78 is 42.1. The van der Waals surface area contributed by atoms with Crippen LogP contribution < -0.4 is 5.32 Å². The summed E-state index contributed by atoms with van der Waals surface area (Å²) in [5.41, 5.74) is 3.08. The van der Waals surface area contributed by atoms with Crippen LogP contribution in [-0.2, 0) is 0 Å². The molecule has 7 heteroatoms. The molecule has 0 aliphatic heterocycles. The molecule has 0 aliphatic carbocycles. The van der Waals surface area contributed by atoms with E-state index < -0.39 is 28.9 Å². The quantitative estimate of drug-likeness (QED) is 0.509. The topological polar surface area (TPSA) is 46.4 Å². The van der Waals surface area contributed by atoms with Crippen LogP contribution in [-0.4, -0.2) is 15.3 Å². The number of imidazole rings is 1. The Morgan fingerprint density at radius 3 is 2.64 bits per heavy atom. The molecule has 0 aliphatic rings. The van der Waals surface area contributed by atoms with Crippen molar-refractivity contribution >= 4 is 17.2 Å². The zero-order valence-corrected chi connectivity index (χ0v) is 14.7. The average Bonchev–Trinajstić information content (AvgIpc) is 3.12. The Balaban J connectivity index is 1.64. The van der Waals surface area contributed by atoms with Gasteiger partial charge in [-0.2, -0.15) is 0 Å². The monoisotopic (exact) mass is 381 g/mol. The standard InChI is InChI=1S/C21H14F3N3O/c1-12-4-3-9-27-11-17(26-20(12)27)13-5-2-6-14(10-13)25-21(28)15-7-8-16(22)19(24)18(15)23/h2-11H,1H3,(H,25,28). The number of aromatic nitrogens is 2. The van der Waals surface area contributed by atoms with Crippen LogP contribution in [0, 0.1) is 24.4 Å². The molecule has 28 heavy (non-hydrogen) atoms. The van der Waals surface area contributed by atoms with Crippen LogP contribution in [0.3, 0.4) is 0 Å². The van der Waals surface area contributed by atoms with Gasteiger partial charge in [0, 0.05) is 23.6 Å². The van der Waals surface area contributed by atoms with E-state index in [2.05, 4.69) is 10.3 Å². The number of amides is 1. The highest BCUT2D eigenvalue weighted by Crippen LogP contribution is 2.24. The molecule has 2 aromatic heterocycles. The number of pyridine rings is 1. The Labute approximate surface area is 158 Å². The number of nitrogens with zero attached hydrogens (tertiary/aromatic N) is 2. The van der Waals surface area contributed by atoms with Crippen molar-refractivity contribution in [3.63, 3.8) is 0 Å². The van der Waals surface area contributed by atoms with Crippen molar-refractivity contribution in [1.82, 2.24) is 9.38 Å². The highest BCUT2D eigenvalue weighted by molar-refractivity contribution is 6.04. The Kier molecular flexibility index (Phi) is 4.35. The fourth-order valence-electron chi connectivity index (χ4n) is 2.95. The number of hydrogen-bond acceptors (Lipinski definition) is 2. The normalized spacial score (nSPS) is 11.0. The van der Waals surface area contributed by atoms with Crippen molar-refractivity contribution in [2.24, 2.45) is 0 Å². The molecule has 0 bridgehead atoms. The van der Waals surface area contributed by atoms with Crippen LogP contribution in [0.1, 0.15) is 15.9 Å². The van der Waals surface area contributed by atoms with Crippen molar-refractivity contribution in [1.29, 1.82) is 0 Å². The highest BCUT2D eigenvalue weighted by atomic mass is 19.2. The maximum atomic E-state index is 13.8. The van der Waals surface area contributed by atoms with E-state index in [1.165, 1.54) is 0 Å². The summed E-state index contributed by atoms with van der Waals surface area (Å²) in [6, 6.07) is 12.3. The molecule has 4 rings (SSSR count). The summed E-state index contributed by atoms with van der Waals surface area (Å²) >= 11 is 0. The first-order valence-electron chi connectivity index (χ1n) is 8.43. The first-order chi connectivity index (χ1) is 13.4. The molecule has 0 saturated heterocycles. The van der Waals surface area contributed by atoms with Gasteiger partial charge in [0.2, 0.25) is 0 Å². The fraction of sp³-hybridized carbons (Fsp3) is 0.0476. The SMILES string of the molecule is Cc1cccn2cc(-c3cccc(NC(=O)c4ccc(F)c(F)c4F)c3)nc12. The van der Waals surface area contributed by atoms with Gasteiger partial charge in [-0.25, -0.2) is 18.2 Å². The maximum absolute atomic E-state index is 13.8. The fourth-order valence-corrected chi connectivity index (χ4v) is 2.95. The summed E-state index contributed by atoms with van der Waals surface area (Å²) in [6.45, 7) is 1.96. The number of aryl methyl sites for hydroxylation is 1. The minimum Gasteiger partial charge on any atom is -0.322 e. The molecule has 2 heterocycles. The lowest BCUT2D eigenvalue weighted by Crippen LogP contribution is -2.15.